The van der Waals surface area contributed by atoms with Crippen LogP contribution in [0.25, 0.3) is 0 Å². The summed E-state index contributed by atoms with van der Waals surface area (Å²) in [6, 6.07) is 0. The molecule has 0 aromatic heterocycles. The van der Waals surface area contributed by atoms with Gasteiger partial charge in [-0.05, 0) is 13.3 Å². The van der Waals surface area contributed by atoms with E-state index in [1.807, 2.05) is 6.92 Å². The van der Waals surface area contributed by atoms with E-state index >= 15 is 0 Å². The number of terminal acetylenes is 1. The van der Waals surface area contributed by atoms with Crippen molar-refractivity contribution in [3.8, 4) is 12.3 Å². The van der Waals surface area contributed by atoms with E-state index in [2.05, 4.69) is 19.8 Å². The van der Waals surface area contributed by atoms with E-state index < -0.39 is 0 Å². The molecule has 0 amide bonds. The van der Waals surface area contributed by atoms with Crippen molar-refractivity contribution in [3.63, 3.8) is 0 Å². The molecule has 0 aromatic rings. The van der Waals surface area contributed by atoms with Crippen LogP contribution >= 0.6 is 0 Å². The highest BCUT2D eigenvalue weighted by molar-refractivity contribution is 5.66. The lowest BCUT2D eigenvalue weighted by atomic mass is 9.72. The normalized spacial score (nSPS) is 24.6. The molecule has 1 atom stereocenters. The molecular formula is C13H18O2. The van der Waals surface area contributed by atoms with E-state index in [1.165, 1.54) is 12.5 Å². The molecule has 0 fully saturated rings. The zero-order valence-electron chi connectivity index (χ0n) is 9.89. The number of allylic oxidation sites excluding steroid dienone is 1. The van der Waals surface area contributed by atoms with Crippen LogP contribution in [-0.2, 0) is 9.53 Å². The monoisotopic (exact) mass is 206 g/mol. The minimum Gasteiger partial charge on any atom is -0.462 e. The summed E-state index contributed by atoms with van der Waals surface area (Å²) in [4.78, 5) is 10.9. The second-order valence-electron chi connectivity index (χ2n) is 4.82. The number of rotatable bonds is 1. The summed E-state index contributed by atoms with van der Waals surface area (Å²) in [5.41, 5.74) is 2.17. The second-order valence-corrected chi connectivity index (χ2v) is 4.82. The van der Waals surface area contributed by atoms with Gasteiger partial charge in [-0.25, -0.2) is 0 Å². The van der Waals surface area contributed by atoms with Gasteiger partial charge in [-0.3, -0.25) is 4.79 Å². The number of hydrogen-bond donors (Lipinski definition) is 0. The first kappa shape index (κ1) is 11.8. The molecule has 1 aliphatic carbocycles. The van der Waals surface area contributed by atoms with E-state index in [4.69, 9.17) is 11.2 Å². The van der Waals surface area contributed by atoms with Crippen LogP contribution in [0.15, 0.2) is 11.1 Å². The van der Waals surface area contributed by atoms with Crippen molar-refractivity contribution in [3.05, 3.63) is 11.1 Å². The molecule has 0 spiro atoms. The van der Waals surface area contributed by atoms with E-state index in [0.717, 1.165) is 18.4 Å². The molecular weight excluding hydrogens is 188 g/mol. The minimum atomic E-state index is -0.215. The highest BCUT2D eigenvalue weighted by atomic mass is 16.5. The maximum atomic E-state index is 10.9. The Labute approximate surface area is 91.7 Å². The lowest BCUT2D eigenvalue weighted by Gasteiger charge is -2.36. The van der Waals surface area contributed by atoms with Gasteiger partial charge in [0.1, 0.15) is 6.10 Å². The number of esters is 1. The topological polar surface area (TPSA) is 26.3 Å². The average molecular weight is 206 g/mol. The molecule has 0 heterocycles. The zero-order valence-corrected chi connectivity index (χ0v) is 9.89. The van der Waals surface area contributed by atoms with Crippen molar-refractivity contribution in [1.29, 1.82) is 0 Å². The van der Waals surface area contributed by atoms with Gasteiger partial charge in [0.15, 0.2) is 0 Å². The Morgan fingerprint density at radius 1 is 1.60 bits per heavy atom. The van der Waals surface area contributed by atoms with Gasteiger partial charge in [0.25, 0.3) is 0 Å². The van der Waals surface area contributed by atoms with Gasteiger partial charge in [-0.15, -0.1) is 6.42 Å². The van der Waals surface area contributed by atoms with Crippen LogP contribution in [0.3, 0.4) is 0 Å². The maximum absolute atomic E-state index is 10.9. The first-order valence-electron chi connectivity index (χ1n) is 5.21. The zero-order chi connectivity index (χ0) is 11.6. The summed E-state index contributed by atoms with van der Waals surface area (Å²) < 4.78 is 5.25. The lowest BCUT2D eigenvalue weighted by molar-refractivity contribution is -0.147. The molecule has 1 aliphatic rings. The first-order chi connectivity index (χ1) is 6.86. The van der Waals surface area contributed by atoms with Crippen molar-refractivity contribution in [1.82, 2.24) is 0 Å². The molecule has 2 nitrogen and oxygen atoms in total. The van der Waals surface area contributed by atoms with Gasteiger partial charge in [0.2, 0.25) is 0 Å². The number of carbonyl (C=O) groups is 1. The predicted molar refractivity (Wildman–Crippen MR) is 60.1 cm³/mol. The number of carbonyl (C=O) groups excluding carboxylic acids is 1. The van der Waals surface area contributed by atoms with Crippen LogP contribution in [-0.4, -0.2) is 12.1 Å². The van der Waals surface area contributed by atoms with Crippen molar-refractivity contribution >= 4 is 5.97 Å². The number of hydrogen-bond acceptors (Lipinski definition) is 2. The third kappa shape index (κ3) is 2.62. The Hall–Kier alpha value is -1.23. The third-order valence-corrected chi connectivity index (χ3v) is 2.85. The molecule has 2 heteroatoms. The van der Waals surface area contributed by atoms with E-state index in [-0.39, 0.29) is 17.5 Å². The number of ether oxygens (including phenoxy) is 1. The van der Waals surface area contributed by atoms with Gasteiger partial charge in [0.05, 0.1) is 0 Å². The summed E-state index contributed by atoms with van der Waals surface area (Å²) in [6.45, 7) is 7.66. The predicted octanol–water partition coefficient (Wildman–Crippen LogP) is 2.69. The molecule has 82 valence electrons. The molecule has 0 saturated carbocycles. The van der Waals surface area contributed by atoms with Gasteiger partial charge in [-0.2, -0.15) is 0 Å². The van der Waals surface area contributed by atoms with Gasteiger partial charge in [-0.1, -0.05) is 25.3 Å². The average Bonchev–Trinajstić information content (AvgIpc) is 1.99. The molecule has 0 N–H and O–H groups in total. The highest BCUT2D eigenvalue weighted by Crippen LogP contribution is 2.40. The van der Waals surface area contributed by atoms with Crippen molar-refractivity contribution < 1.29 is 9.53 Å². The Bertz CT molecular complexity index is 342. The van der Waals surface area contributed by atoms with Crippen molar-refractivity contribution in [2.45, 2.75) is 46.6 Å². The Balaban J connectivity index is 2.90. The molecule has 0 aliphatic heterocycles. The second kappa shape index (κ2) is 4.10. The Kier molecular flexibility index (Phi) is 3.24. The summed E-state index contributed by atoms with van der Waals surface area (Å²) in [7, 11) is 0. The first-order valence-corrected chi connectivity index (χ1v) is 5.21. The van der Waals surface area contributed by atoms with Crippen LogP contribution in [0.5, 0.6) is 0 Å². The van der Waals surface area contributed by atoms with Crippen molar-refractivity contribution in [2.24, 2.45) is 5.41 Å². The smallest absolute Gasteiger partial charge is 0.302 e. The van der Waals surface area contributed by atoms with E-state index in [9.17, 15) is 4.79 Å². The fourth-order valence-electron chi connectivity index (χ4n) is 2.40. The Morgan fingerprint density at radius 2 is 2.20 bits per heavy atom. The van der Waals surface area contributed by atoms with Crippen LogP contribution in [0.1, 0.15) is 40.5 Å². The summed E-state index contributed by atoms with van der Waals surface area (Å²) in [6.07, 6.45) is 7.06. The van der Waals surface area contributed by atoms with Crippen LogP contribution < -0.4 is 0 Å². The van der Waals surface area contributed by atoms with E-state index in [1.54, 1.807) is 0 Å². The summed E-state index contributed by atoms with van der Waals surface area (Å²) in [5.74, 6) is 2.54. The molecule has 0 saturated heterocycles. The molecule has 15 heavy (non-hydrogen) atoms. The lowest BCUT2D eigenvalue weighted by Crippen LogP contribution is -2.31. The quantitative estimate of drug-likeness (QED) is 0.487. The Morgan fingerprint density at radius 3 is 2.60 bits per heavy atom. The van der Waals surface area contributed by atoms with Crippen LogP contribution in [0.4, 0.5) is 0 Å². The molecule has 0 radical (unpaired) electrons. The minimum absolute atomic E-state index is 0.0189. The molecule has 1 rings (SSSR count). The van der Waals surface area contributed by atoms with Gasteiger partial charge in [0, 0.05) is 24.3 Å². The van der Waals surface area contributed by atoms with Crippen LogP contribution in [0, 0.1) is 17.8 Å². The van der Waals surface area contributed by atoms with E-state index in [0.29, 0.717) is 0 Å². The van der Waals surface area contributed by atoms with Gasteiger partial charge >= 0.3 is 5.97 Å². The summed E-state index contributed by atoms with van der Waals surface area (Å²) in [5, 5.41) is 0. The SMILES string of the molecule is C#CC1=C(C)CC(OC(C)=O)CC1(C)C. The highest BCUT2D eigenvalue weighted by Gasteiger charge is 2.34. The van der Waals surface area contributed by atoms with Crippen LogP contribution in [0.2, 0.25) is 0 Å². The largest absolute Gasteiger partial charge is 0.462 e. The molecule has 1 unspecified atom stereocenters. The van der Waals surface area contributed by atoms with Crippen molar-refractivity contribution in [2.75, 3.05) is 0 Å². The fourth-order valence-corrected chi connectivity index (χ4v) is 2.40. The fraction of sp³-hybridized carbons (Fsp3) is 0.615. The maximum Gasteiger partial charge on any atom is 0.302 e. The summed E-state index contributed by atoms with van der Waals surface area (Å²) >= 11 is 0. The molecule has 0 bridgehead atoms. The van der Waals surface area contributed by atoms with Gasteiger partial charge < -0.3 is 4.74 Å². The molecule has 0 aromatic carbocycles. The third-order valence-electron chi connectivity index (χ3n) is 2.85. The standard InChI is InChI=1S/C13H18O2/c1-6-12-9(2)7-11(15-10(3)14)8-13(12,4)5/h1,11H,7-8H2,2-5H3.